The SMILES string of the molecule is COCCn1c(-c2ccccc2)cnc1SCC(=O)Nc1cc(C)on1. The van der Waals surface area contributed by atoms with Crippen LogP contribution in [0, 0.1) is 6.92 Å². The molecule has 2 heterocycles. The molecular weight excluding hydrogens is 352 g/mol. The van der Waals surface area contributed by atoms with Crippen LogP contribution in [0.15, 0.2) is 52.3 Å². The summed E-state index contributed by atoms with van der Waals surface area (Å²) in [6.45, 7) is 3.00. The molecule has 1 amide bonds. The number of nitrogens with zero attached hydrogens (tertiary/aromatic N) is 3. The topological polar surface area (TPSA) is 82.2 Å². The highest BCUT2D eigenvalue weighted by atomic mass is 32.2. The van der Waals surface area contributed by atoms with Crippen molar-refractivity contribution in [3.63, 3.8) is 0 Å². The van der Waals surface area contributed by atoms with Crippen molar-refractivity contribution >= 4 is 23.5 Å². The average molecular weight is 372 g/mol. The van der Waals surface area contributed by atoms with E-state index in [0.717, 1.165) is 16.4 Å². The number of nitrogens with one attached hydrogen (secondary N) is 1. The molecule has 0 aliphatic heterocycles. The zero-order valence-electron chi connectivity index (χ0n) is 14.6. The minimum absolute atomic E-state index is 0.161. The average Bonchev–Trinajstić information content (AvgIpc) is 3.24. The molecule has 0 bridgehead atoms. The first kappa shape index (κ1) is 18.2. The quantitative estimate of drug-likeness (QED) is 0.612. The maximum atomic E-state index is 12.1. The molecule has 0 saturated carbocycles. The molecule has 2 aromatic heterocycles. The predicted molar refractivity (Wildman–Crippen MR) is 100 cm³/mol. The molecular formula is C18H20N4O3S. The number of benzene rings is 1. The Morgan fingerprint density at radius 1 is 1.35 bits per heavy atom. The Morgan fingerprint density at radius 3 is 2.85 bits per heavy atom. The Hall–Kier alpha value is -2.58. The Bertz CT molecular complexity index is 860. The molecule has 0 radical (unpaired) electrons. The predicted octanol–water partition coefficient (Wildman–Crippen LogP) is 3.22. The minimum atomic E-state index is -0.161. The van der Waals surface area contributed by atoms with Crippen LogP contribution >= 0.6 is 11.8 Å². The number of rotatable bonds is 8. The Balaban J connectivity index is 1.70. The van der Waals surface area contributed by atoms with E-state index in [2.05, 4.69) is 20.0 Å². The molecule has 0 saturated heterocycles. The highest BCUT2D eigenvalue weighted by Gasteiger charge is 2.14. The van der Waals surface area contributed by atoms with Gasteiger partial charge in [-0.1, -0.05) is 47.3 Å². The van der Waals surface area contributed by atoms with Crippen molar-refractivity contribution in [2.75, 3.05) is 24.8 Å². The van der Waals surface area contributed by atoms with Gasteiger partial charge in [0.15, 0.2) is 11.0 Å². The van der Waals surface area contributed by atoms with Crippen LogP contribution in [0.2, 0.25) is 0 Å². The first-order valence-electron chi connectivity index (χ1n) is 8.13. The molecule has 0 aliphatic rings. The number of hydrogen-bond donors (Lipinski definition) is 1. The number of imidazole rings is 1. The maximum Gasteiger partial charge on any atom is 0.236 e. The largest absolute Gasteiger partial charge is 0.383 e. The zero-order chi connectivity index (χ0) is 18.4. The molecule has 0 fully saturated rings. The van der Waals surface area contributed by atoms with E-state index < -0.39 is 0 Å². The van der Waals surface area contributed by atoms with Gasteiger partial charge in [-0.15, -0.1) is 0 Å². The molecule has 1 N–H and O–H groups in total. The normalized spacial score (nSPS) is 10.8. The first-order valence-corrected chi connectivity index (χ1v) is 9.12. The van der Waals surface area contributed by atoms with Gasteiger partial charge in [0.1, 0.15) is 5.76 Å². The molecule has 0 aliphatic carbocycles. The van der Waals surface area contributed by atoms with Crippen molar-refractivity contribution in [2.24, 2.45) is 0 Å². The van der Waals surface area contributed by atoms with Crippen molar-refractivity contribution < 1.29 is 14.1 Å². The lowest BCUT2D eigenvalue weighted by Gasteiger charge is -2.11. The van der Waals surface area contributed by atoms with E-state index in [4.69, 9.17) is 9.26 Å². The number of aryl methyl sites for hydroxylation is 1. The molecule has 3 aromatic rings. The van der Waals surface area contributed by atoms with Gasteiger partial charge >= 0.3 is 0 Å². The van der Waals surface area contributed by atoms with E-state index in [1.807, 2.05) is 36.5 Å². The van der Waals surface area contributed by atoms with Crippen LogP contribution in [-0.4, -0.2) is 40.1 Å². The summed E-state index contributed by atoms with van der Waals surface area (Å²) in [5, 5.41) is 7.24. The third-order valence-corrected chi connectivity index (χ3v) is 4.63. The lowest BCUT2D eigenvalue weighted by molar-refractivity contribution is -0.113. The number of carbonyl (C=O) groups is 1. The zero-order valence-corrected chi connectivity index (χ0v) is 15.5. The fraction of sp³-hybridized carbons (Fsp3) is 0.278. The minimum Gasteiger partial charge on any atom is -0.383 e. The van der Waals surface area contributed by atoms with Crippen molar-refractivity contribution in [2.45, 2.75) is 18.6 Å². The first-order chi connectivity index (χ1) is 12.7. The van der Waals surface area contributed by atoms with Crippen molar-refractivity contribution in [1.82, 2.24) is 14.7 Å². The van der Waals surface area contributed by atoms with Crippen molar-refractivity contribution in [3.8, 4) is 11.3 Å². The monoisotopic (exact) mass is 372 g/mol. The number of hydrogen-bond acceptors (Lipinski definition) is 6. The van der Waals surface area contributed by atoms with Crippen LogP contribution in [0.25, 0.3) is 11.3 Å². The van der Waals surface area contributed by atoms with E-state index in [1.54, 1.807) is 20.1 Å². The summed E-state index contributed by atoms with van der Waals surface area (Å²) in [5.74, 6) is 1.13. The van der Waals surface area contributed by atoms with Gasteiger partial charge in [-0.05, 0) is 12.5 Å². The molecule has 1 aromatic carbocycles. The number of aromatic nitrogens is 3. The van der Waals surface area contributed by atoms with E-state index in [9.17, 15) is 4.79 Å². The molecule has 7 nitrogen and oxygen atoms in total. The number of methoxy groups -OCH3 is 1. The van der Waals surface area contributed by atoms with Crippen LogP contribution < -0.4 is 5.32 Å². The highest BCUT2D eigenvalue weighted by Crippen LogP contribution is 2.26. The van der Waals surface area contributed by atoms with Gasteiger partial charge in [0.05, 0.1) is 24.3 Å². The highest BCUT2D eigenvalue weighted by molar-refractivity contribution is 7.99. The summed E-state index contributed by atoms with van der Waals surface area (Å²) in [6.07, 6.45) is 1.83. The van der Waals surface area contributed by atoms with E-state index >= 15 is 0 Å². The molecule has 136 valence electrons. The standard InChI is InChI=1S/C18H20N4O3S/c1-13-10-16(21-25-13)20-17(23)12-26-18-19-11-15(22(18)8-9-24-2)14-6-4-3-5-7-14/h3-7,10-11H,8-9,12H2,1-2H3,(H,20,21,23). The van der Waals surface area contributed by atoms with Crippen molar-refractivity contribution in [1.29, 1.82) is 0 Å². The smallest absolute Gasteiger partial charge is 0.236 e. The summed E-state index contributed by atoms with van der Waals surface area (Å²) >= 11 is 1.37. The third kappa shape index (κ3) is 4.53. The fourth-order valence-corrected chi connectivity index (χ4v) is 3.25. The number of anilines is 1. The molecule has 0 atom stereocenters. The van der Waals surface area contributed by atoms with E-state index in [0.29, 0.717) is 24.7 Å². The van der Waals surface area contributed by atoms with Crippen molar-refractivity contribution in [3.05, 3.63) is 48.4 Å². The second kappa shape index (κ2) is 8.68. The lowest BCUT2D eigenvalue weighted by atomic mass is 10.2. The van der Waals surface area contributed by atoms with Gasteiger partial charge in [0, 0.05) is 19.7 Å². The summed E-state index contributed by atoms with van der Waals surface area (Å²) in [6, 6.07) is 11.7. The van der Waals surface area contributed by atoms with Gasteiger partial charge in [-0.25, -0.2) is 4.98 Å². The number of thioether (sulfide) groups is 1. The number of amides is 1. The van der Waals surface area contributed by atoms with Crippen LogP contribution in [-0.2, 0) is 16.1 Å². The maximum absolute atomic E-state index is 12.1. The van der Waals surface area contributed by atoms with Crippen LogP contribution in [0.5, 0.6) is 0 Å². The number of carbonyl (C=O) groups excluding carboxylic acids is 1. The molecule has 26 heavy (non-hydrogen) atoms. The van der Waals surface area contributed by atoms with Crippen LogP contribution in [0.3, 0.4) is 0 Å². The third-order valence-electron chi connectivity index (χ3n) is 3.64. The van der Waals surface area contributed by atoms with Gasteiger partial charge < -0.3 is 19.1 Å². The van der Waals surface area contributed by atoms with E-state index in [-0.39, 0.29) is 11.7 Å². The summed E-state index contributed by atoms with van der Waals surface area (Å²) < 4.78 is 12.2. The molecule has 0 unspecified atom stereocenters. The van der Waals surface area contributed by atoms with Gasteiger partial charge in [0.2, 0.25) is 5.91 Å². The Kier molecular flexibility index (Phi) is 6.08. The van der Waals surface area contributed by atoms with Gasteiger partial charge in [0.25, 0.3) is 0 Å². The lowest BCUT2D eigenvalue weighted by Crippen LogP contribution is -2.15. The number of ether oxygens (including phenoxy) is 1. The van der Waals surface area contributed by atoms with E-state index in [1.165, 1.54) is 11.8 Å². The Morgan fingerprint density at radius 2 is 2.15 bits per heavy atom. The Labute approximate surface area is 155 Å². The molecule has 3 rings (SSSR count). The second-order valence-electron chi connectivity index (χ2n) is 5.60. The van der Waals surface area contributed by atoms with Crippen LogP contribution in [0.4, 0.5) is 5.82 Å². The summed E-state index contributed by atoms with van der Waals surface area (Å²) in [5.41, 5.74) is 2.07. The second-order valence-corrected chi connectivity index (χ2v) is 6.54. The summed E-state index contributed by atoms with van der Waals surface area (Å²) in [7, 11) is 1.67. The van der Waals surface area contributed by atoms with Crippen LogP contribution in [0.1, 0.15) is 5.76 Å². The molecule has 0 spiro atoms. The fourth-order valence-electron chi connectivity index (χ4n) is 2.45. The summed E-state index contributed by atoms with van der Waals surface area (Å²) in [4.78, 5) is 16.6. The molecule has 8 heteroatoms. The van der Waals surface area contributed by atoms with Gasteiger partial charge in [-0.3, -0.25) is 4.79 Å². The van der Waals surface area contributed by atoms with Gasteiger partial charge in [-0.2, -0.15) is 0 Å².